The molecule has 4 heteroatoms. The van der Waals surface area contributed by atoms with Crippen molar-refractivity contribution in [3.8, 4) is 0 Å². The maximum absolute atomic E-state index is 12.5. The van der Waals surface area contributed by atoms with E-state index in [0.29, 0.717) is 13.1 Å². The first-order valence-electron chi connectivity index (χ1n) is 5.37. The first-order valence-corrected chi connectivity index (χ1v) is 5.37. The van der Waals surface area contributed by atoms with Gasteiger partial charge < -0.3 is 9.64 Å². The summed E-state index contributed by atoms with van der Waals surface area (Å²) < 4.78 is 17.8. The van der Waals surface area contributed by atoms with E-state index in [2.05, 4.69) is 0 Å². The molecule has 0 aromatic carbocycles. The maximum Gasteiger partial charge on any atom is 0.410 e. The van der Waals surface area contributed by atoms with Gasteiger partial charge in [0, 0.05) is 19.0 Å². The van der Waals surface area contributed by atoms with E-state index in [9.17, 15) is 9.18 Å². The number of hydrogen-bond acceptors (Lipinski definition) is 2. The second-order valence-electron chi connectivity index (χ2n) is 5.28. The van der Waals surface area contributed by atoms with Gasteiger partial charge in [-0.15, -0.1) is 0 Å². The smallest absolute Gasteiger partial charge is 0.410 e. The monoisotopic (exact) mass is 217 g/mol. The molecule has 1 fully saturated rings. The summed E-state index contributed by atoms with van der Waals surface area (Å²) in [5.41, 5.74) is -0.478. The third kappa shape index (κ3) is 3.36. The fraction of sp³-hybridized carbons (Fsp3) is 0.909. The number of carbonyl (C=O) groups excluding carboxylic acids is 1. The molecular formula is C11H20FNO2. The molecule has 1 heterocycles. The van der Waals surface area contributed by atoms with E-state index in [4.69, 9.17) is 4.74 Å². The molecule has 88 valence electrons. The number of carbonyl (C=O) groups is 1. The van der Waals surface area contributed by atoms with Gasteiger partial charge in [0.15, 0.2) is 0 Å². The van der Waals surface area contributed by atoms with Gasteiger partial charge in [-0.2, -0.15) is 0 Å². The Labute approximate surface area is 90.6 Å². The van der Waals surface area contributed by atoms with Crippen LogP contribution in [-0.2, 0) is 4.74 Å². The number of halogens is 1. The van der Waals surface area contributed by atoms with E-state index in [0.717, 1.165) is 0 Å². The Hall–Kier alpha value is -0.800. The molecular weight excluding hydrogens is 197 g/mol. The van der Waals surface area contributed by atoms with E-state index >= 15 is 0 Å². The van der Waals surface area contributed by atoms with Crippen LogP contribution in [0.15, 0.2) is 0 Å². The number of hydrogen-bond donors (Lipinski definition) is 0. The summed E-state index contributed by atoms with van der Waals surface area (Å²) in [5, 5.41) is 0. The molecule has 2 atom stereocenters. The van der Waals surface area contributed by atoms with Gasteiger partial charge in [-0.1, -0.05) is 6.92 Å². The molecule has 3 nitrogen and oxygen atoms in total. The van der Waals surface area contributed by atoms with Gasteiger partial charge in [-0.3, -0.25) is 4.39 Å². The first-order chi connectivity index (χ1) is 6.83. The Morgan fingerprint density at radius 1 is 1.47 bits per heavy atom. The van der Waals surface area contributed by atoms with Crippen molar-refractivity contribution in [3.63, 3.8) is 0 Å². The van der Waals surface area contributed by atoms with Crippen molar-refractivity contribution >= 4 is 6.09 Å². The van der Waals surface area contributed by atoms with Crippen molar-refractivity contribution < 1.29 is 13.9 Å². The van der Waals surface area contributed by atoms with E-state index in [1.807, 2.05) is 27.7 Å². The normalized spacial score (nSPS) is 26.9. The second kappa shape index (κ2) is 4.37. The topological polar surface area (TPSA) is 29.5 Å². The lowest BCUT2D eigenvalue weighted by Gasteiger charge is -2.24. The van der Waals surface area contributed by atoms with E-state index < -0.39 is 5.60 Å². The summed E-state index contributed by atoms with van der Waals surface area (Å²) in [4.78, 5) is 13.2. The predicted octanol–water partition coefficient (Wildman–Crippen LogP) is 2.46. The molecule has 1 aliphatic heterocycles. The maximum atomic E-state index is 12.5. The summed E-state index contributed by atoms with van der Waals surface area (Å²) >= 11 is 0. The van der Waals surface area contributed by atoms with Gasteiger partial charge in [-0.05, 0) is 26.7 Å². The Balaban J connectivity index is 2.50. The van der Waals surface area contributed by atoms with Crippen LogP contribution in [-0.4, -0.2) is 36.4 Å². The molecule has 0 aromatic rings. The quantitative estimate of drug-likeness (QED) is 0.675. The summed E-state index contributed by atoms with van der Waals surface area (Å²) in [6, 6.07) is 0. The molecule has 0 spiro atoms. The number of ether oxygens (including phenoxy) is 1. The highest BCUT2D eigenvalue weighted by atomic mass is 19.1. The molecule has 1 amide bonds. The molecule has 0 aliphatic carbocycles. The molecule has 0 N–H and O–H groups in total. The lowest BCUT2D eigenvalue weighted by Crippen LogP contribution is -2.35. The molecule has 0 radical (unpaired) electrons. The van der Waals surface area contributed by atoms with E-state index in [-0.39, 0.29) is 24.6 Å². The molecule has 1 saturated heterocycles. The summed E-state index contributed by atoms with van der Waals surface area (Å²) in [6.45, 7) is 8.18. The van der Waals surface area contributed by atoms with Crippen LogP contribution in [0, 0.1) is 11.8 Å². The minimum atomic E-state index is -0.478. The summed E-state index contributed by atoms with van der Waals surface area (Å²) in [5.74, 6) is 0.194. The van der Waals surface area contributed by atoms with Crippen LogP contribution in [0.3, 0.4) is 0 Å². The third-order valence-corrected chi connectivity index (χ3v) is 2.62. The Morgan fingerprint density at radius 3 is 2.47 bits per heavy atom. The van der Waals surface area contributed by atoms with Crippen molar-refractivity contribution in [1.29, 1.82) is 0 Å². The van der Waals surface area contributed by atoms with Crippen molar-refractivity contribution in [1.82, 2.24) is 4.90 Å². The summed E-state index contributed by atoms with van der Waals surface area (Å²) in [7, 11) is 0. The molecule has 1 rings (SSSR count). The number of amides is 1. The third-order valence-electron chi connectivity index (χ3n) is 2.62. The minimum Gasteiger partial charge on any atom is -0.444 e. The van der Waals surface area contributed by atoms with E-state index in [1.165, 1.54) is 0 Å². The lowest BCUT2D eigenvalue weighted by molar-refractivity contribution is 0.0283. The highest BCUT2D eigenvalue weighted by molar-refractivity contribution is 5.68. The van der Waals surface area contributed by atoms with E-state index in [1.54, 1.807) is 4.90 Å². The van der Waals surface area contributed by atoms with Crippen LogP contribution in [0.5, 0.6) is 0 Å². The molecule has 1 aliphatic rings. The Kier molecular flexibility index (Phi) is 3.58. The predicted molar refractivity (Wildman–Crippen MR) is 56.4 cm³/mol. The fourth-order valence-corrected chi connectivity index (χ4v) is 1.71. The number of rotatable bonds is 1. The fourth-order valence-electron chi connectivity index (χ4n) is 1.71. The van der Waals surface area contributed by atoms with Crippen LogP contribution in [0.4, 0.5) is 9.18 Å². The van der Waals surface area contributed by atoms with Gasteiger partial charge in [0.25, 0.3) is 0 Å². The van der Waals surface area contributed by atoms with Crippen LogP contribution in [0.1, 0.15) is 27.7 Å². The first kappa shape index (κ1) is 12.3. The van der Waals surface area contributed by atoms with Gasteiger partial charge in [0.2, 0.25) is 0 Å². The molecule has 0 bridgehead atoms. The van der Waals surface area contributed by atoms with Crippen molar-refractivity contribution in [2.75, 3.05) is 19.8 Å². The number of alkyl halides is 1. The standard InChI is InChI=1S/C11H20FNO2/c1-8-6-13(7-9(8)5-12)10(14)15-11(2,3)4/h8-9H,5-7H2,1-4H3/t8?,9-/m1/s1. The SMILES string of the molecule is CC1CN(C(=O)OC(C)(C)C)C[C@H]1CF. The lowest BCUT2D eigenvalue weighted by atomic mass is 10.0. The molecule has 1 unspecified atom stereocenters. The zero-order chi connectivity index (χ0) is 11.6. The van der Waals surface area contributed by atoms with Gasteiger partial charge in [0.05, 0.1) is 6.67 Å². The van der Waals surface area contributed by atoms with Gasteiger partial charge >= 0.3 is 6.09 Å². The highest BCUT2D eigenvalue weighted by Gasteiger charge is 2.34. The zero-order valence-corrected chi connectivity index (χ0v) is 9.92. The largest absolute Gasteiger partial charge is 0.444 e. The number of likely N-dealkylation sites (tertiary alicyclic amines) is 1. The van der Waals surface area contributed by atoms with Crippen LogP contribution < -0.4 is 0 Å². The van der Waals surface area contributed by atoms with Crippen LogP contribution in [0.25, 0.3) is 0 Å². The van der Waals surface area contributed by atoms with Crippen LogP contribution >= 0.6 is 0 Å². The van der Waals surface area contributed by atoms with Crippen molar-refractivity contribution in [2.24, 2.45) is 11.8 Å². The summed E-state index contributed by atoms with van der Waals surface area (Å²) in [6.07, 6.45) is -0.328. The minimum absolute atomic E-state index is 0.0301. The van der Waals surface area contributed by atoms with Gasteiger partial charge in [-0.25, -0.2) is 4.79 Å². The average Bonchev–Trinajstić information content (AvgIpc) is 2.43. The zero-order valence-electron chi connectivity index (χ0n) is 9.92. The second-order valence-corrected chi connectivity index (χ2v) is 5.28. The van der Waals surface area contributed by atoms with Crippen LogP contribution in [0.2, 0.25) is 0 Å². The Bertz CT molecular complexity index is 237. The van der Waals surface area contributed by atoms with Gasteiger partial charge in [0.1, 0.15) is 5.60 Å². The highest BCUT2D eigenvalue weighted by Crippen LogP contribution is 2.24. The van der Waals surface area contributed by atoms with Crippen molar-refractivity contribution in [3.05, 3.63) is 0 Å². The molecule has 0 aromatic heterocycles. The average molecular weight is 217 g/mol. The molecule has 15 heavy (non-hydrogen) atoms. The Morgan fingerprint density at radius 2 is 2.07 bits per heavy atom. The number of nitrogens with zero attached hydrogens (tertiary/aromatic N) is 1. The molecule has 0 saturated carbocycles. The van der Waals surface area contributed by atoms with Crippen molar-refractivity contribution in [2.45, 2.75) is 33.3 Å².